The van der Waals surface area contributed by atoms with E-state index in [1.807, 2.05) is 0 Å². The summed E-state index contributed by atoms with van der Waals surface area (Å²) in [6, 6.07) is 0.389. The quantitative estimate of drug-likeness (QED) is 0.615. The first-order valence-corrected chi connectivity index (χ1v) is 4.26. The van der Waals surface area contributed by atoms with E-state index in [4.69, 9.17) is 0 Å². The summed E-state index contributed by atoms with van der Waals surface area (Å²) in [4.78, 5) is 0. The van der Waals surface area contributed by atoms with E-state index >= 15 is 0 Å². The van der Waals surface area contributed by atoms with Gasteiger partial charge in [-0.3, -0.25) is 0 Å². The predicted octanol–water partition coefficient (Wildman–Crippen LogP) is 0.899. The van der Waals surface area contributed by atoms with Crippen LogP contribution < -0.4 is 5.32 Å². The third kappa shape index (κ3) is 1.96. The molecule has 0 saturated heterocycles. The van der Waals surface area contributed by atoms with Gasteiger partial charge in [0.1, 0.15) is 0 Å². The Balaban J connectivity index is 2.14. The van der Waals surface area contributed by atoms with Crippen molar-refractivity contribution in [3.63, 3.8) is 0 Å². The molecule has 0 aromatic carbocycles. The highest BCUT2D eigenvalue weighted by Crippen LogP contribution is 2.18. The second kappa shape index (κ2) is 3.94. The second-order valence-corrected chi connectivity index (χ2v) is 3.06. The van der Waals surface area contributed by atoms with E-state index < -0.39 is 0 Å². The summed E-state index contributed by atoms with van der Waals surface area (Å²) < 4.78 is 0. The van der Waals surface area contributed by atoms with Gasteiger partial charge in [0.05, 0.1) is 6.10 Å². The van der Waals surface area contributed by atoms with Gasteiger partial charge in [0.15, 0.2) is 0 Å². The van der Waals surface area contributed by atoms with Gasteiger partial charge in [-0.25, -0.2) is 0 Å². The second-order valence-electron chi connectivity index (χ2n) is 3.06. The Morgan fingerprint density at radius 1 is 1.50 bits per heavy atom. The minimum absolute atomic E-state index is 0.0773. The zero-order valence-electron chi connectivity index (χ0n) is 6.64. The van der Waals surface area contributed by atoms with E-state index in [0.717, 1.165) is 25.8 Å². The Morgan fingerprint density at radius 2 is 2.30 bits per heavy atom. The Bertz CT molecular complexity index is 95.3. The van der Waals surface area contributed by atoms with Gasteiger partial charge in [-0.05, 0) is 32.2 Å². The summed E-state index contributed by atoms with van der Waals surface area (Å²) >= 11 is 0. The van der Waals surface area contributed by atoms with Crippen molar-refractivity contribution in [3.8, 4) is 0 Å². The third-order valence-electron chi connectivity index (χ3n) is 2.14. The maximum Gasteiger partial charge on any atom is 0.0693 e. The van der Waals surface area contributed by atoms with Crippen molar-refractivity contribution in [3.05, 3.63) is 0 Å². The van der Waals surface area contributed by atoms with E-state index in [9.17, 15) is 5.11 Å². The molecule has 0 aromatic heterocycles. The van der Waals surface area contributed by atoms with Crippen LogP contribution in [0.15, 0.2) is 0 Å². The van der Waals surface area contributed by atoms with E-state index in [2.05, 4.69) is 12.2 Å². The zero-order valence-corrected chi connectivity index (χ0v) is 6.64. The highest BCUT2D eigenvalue weighted by Gasteiger charge is 2.23. The van der Waals surface area contributed by atoms with Crippen LogP contribution in [-0.4, -0.2) is 23.8 Å². The first-order valence-electron chi connectivity index (χ1n) is 4.26. The molecular formula is C8H17NO. The number of rotatable bonds is 3. The van der Waals surface area contributed by atoms with Crippen molar-refractivity contribution in [1.29, 1.82) is 0 Å². The summed E-state index contributed by atoms with van der Waals surface area (Å²) in [7, 11) is 0. The molecule has 60 valence electrons. The fraction of sp³-hybridized carbons (Fsp3) is 1.00. The maximum absolute atomic E-state index is 9.35. The third-order valence-corrected chi connectivity index (χ3v) is 2.14. The molecule has 0 unspecified atom stereocenters. The van der Waals surface area contributed by atoms with Crippen molar-refractivity contribution in [2.24, 2.45) is 0 Å². The Hall–Kier alpha value is -0.0800. The molecular weight excluding hydrogens is 126 g/mol. The maximum atomic E-state index is 9.35. The van der Waals surface area contributed by atoms with E-state index in [1.165, 1.54) is 6.42 Å². The van der Waals surface area contributed by atoms with Gasteiger partial charge in [0, 0.05) is 6.04 Å². The SMILES string of the molecule is CCCN[C@H]1CCC[C@H]1O. The van der Waals surface area contributed by atoms with Gasteiger partial charge in [-0.2, -0.15) is 0 Å². The molecule has 1 aliphatic carbocycles. The molecule has 1 fully saturated rings. The molecule has 1 aliphatic rings. The number of aliphatic hydroxyl groups excluding tert-OH is 1. The van der Waals surface area contributed by atoms with Crippen LogP contribution in [-0.2, 0) is 0 Å². The lowest BCUT2D eigenvalue weighted by Gasteiger charge is -2.15. The number of hydrogen-bond acceptors (Lipinski definition) is 2. The average molecular weight is 143 g/mol. The van der Waals surface area contributed by atoms with Crippen LogP contribution in [0.5, 0.6) is 0 Å². The van der Waals surface area contributed by atoms with Crippen LogP contribution in [0, 0.1) is 0 Å². The first kappa shape index (κ1) is 8.02. The highest BCUT2D eigenvalue weighted by molar-refractivity contribution is 4.81. The number of aliphatic hydroxyl groups is 1. The van der Waals surface area contributed by atoms with E-state index in [0.29, 0.717) is 6.04 Å². The highest BCUT2D eigenvalue weighted by atomic mass is 16.3. The number of nitrogens with one attached hydrogen (secondary N) is 1. The van der Waals surface area contributed by atoms with E-state index in [1.54, 1.807) is 0 Å². The molecule has 1 rings (SSSR count). The lowest BCUT2D eigenvalue weighted by Crippen LogP contribution is -2.35. The molecule has 0 bridgehead atoms. The summed E-state index contributed by atoms with van der Waals surface area (Å²) in [5.41, 5.74) is 0. The molecule has 0 radical (unpaired) electrons. The minimum Gasteiger partial charge on any atom is -0.392 e. The Morgan fingerprint density at radius 3 is 2.80 bits per heavy atom. The molecule has 1 saturated carbocycles. The molecule has 0 heterocycles. The predicted molar refractivity (Wildman–Crippen MR) is 41.9 cm³/mol. The molecule has 2 nitrogen and oxygen atoms in total. The molecule has 0 aromatic rings. The largest absolute Gasteiger partial charge is 0.392 e. The first-order chi connectivity index (χ1) is 4.84. The van der Waals surface area contributed by atoms with Crippen molar-refractivity contribution in [2.45, 2.75) is 44.8 Å². The normalized spacial score (nSPS) is 33.0. The molecule has 2 heteroatoms. The van der Waals surface area contributed by atoms with Gasteiger partial charge >= 0.3 is 0 Å². The van der Waals surface area contributed by atoms with Crippen LogP contribution in [0.2, 0.25) is 0 Å². The van der Waals surface area contributed by atoms with Gasteiger partial charge in [0.2, 0.25) is 0 Å². The zero-order chi connectivity index (χ0) is 7.40. The van der Waals surface area contributed by atoms with Crippen LogP contribution in [0.1, 0.15) is 32.6 Å². The summed E-state index contributed by atoms with van der Waals surface area (Å²) in [5.74, 6) is 0. The average Bonchev–Trinajstić information content (AvgIpc) is 2.31. The van der Waals surface area contributed by atoms with Crippen LogP contribution in [0.4, 0.5) is 0 Å². The van der Waals surface area contributed by atoms with Crippen molar-refractivity contribution in [2.75, 3.05) is 6.54 Å². The van der Waals surface area contributed by atoms with Crippen molar-refractivity contribution in [1.82, 2.24) is 5.32 Å². The topological polar surface area (TPSA) is 32.3 Å². The Kier molecular flexibility index (Phi) is 3.16. The molecule has 10 heavy (non-hydrogen) atoms. The van der Waals surface area contributed by atoms with Crippen molar-refractivity contribution < 1.29 is 5.11 Å². The standard InChI is InChI=1S/C8H17NO/c1-2-6-9-7-4-3-5-8(7)10/h7-10H,2-6H2,1H3/t7-,8+/m0/s1. The molecule has 0 amide bonds. The fourth-order valence-corrected chi connectivity index (χ4v) is 1.51. The lowest BCUT2D eigenvalue weighted by atomic mass is 10.2. The van der Waals surface area contributed by atoms with E-state index in [-0.39, 0.29) is 6.10 Å². The smallest absolute Gasteiger partial charge is 0.0693 e. The molecule has 0 spiro atoms. The molecule has 2 N–H and O–H groups in total. The molecule has 2 atom stereocenters. The van der Waals surface area contributed by atoms with Gasteiger partial charge < -0.3 is 10.4 Å². The molecule has 0 aliphatic heterocycles. The van der Waals surface area contributed by atoms with Gasteiger partial charge in [-0.15, -0.1) is 0 Å². The monoisotopic (exact) mass is 143 g/mol. The van der Waals surface area contributed by atoms with Crippen molar-refractivity contribution >= 4 is 0 Å². The Labute approximate surface area is 62.6 Å². The summed E-state index contributed by atoms with van der Waals surface area (Å²) in [5, 5.41) is 12.7. The summed E-state index contributed by atoms with van der Waals surface area (Å²) in [6.45, 7) is 3.19. The minimum atomic E-state index is -0.0773. The number of hydrogen-bond donors (Lipinski definition) is 2. The lowest BCUT2D eigenvalue weighted by molar-refractivity contribution is 0.149. The summed E-state index contributed by atoms with van der Waals surface area (Å²) in [6.07, 6.45) is 4.40. The van der Waals surface area contributed by atoms with Crippen LogP contribution in [0.3, 0.4) is 0 Å². The van der Waals surface area contributed by atoms with Crippen LogP contribution >= 0.6 is 0 Å². The van der Waals surface area contributed by atoms with Gasteiger partial charge in [-0.1, -0.05) is 6.92 Å². The van der Waals surface area contributed by atoms with Gasteiger partial charge in [0.25, 0.3) is 0 Å². The van der Waals surface area contributed by atoms with Crippen LogP contribution in [0.25, 0.3) is 0 Å². The fourth-order valence-electron chi connectivity index (χ4n) is 1.51.